The van der Waals surface area contributed by atoms with Gasteiger partial charge in [-0.3, -0.25) is 10.0 Å². The summed E-state index contributed by atoms with van der Waals surface area (Å²) in [6.45, 7) is 2.31. The first-order chi connectivity index (χ1) is 13.4. The molecular weight excluding hydrogens is 370 g/mol. The molecule has 0 fully saturated rings. The zero-order valence-electron chi connectivity index (χ0n) is 15.1. The number of fused-ring (bicyclic) bond motifs is 1. The molecular formula is C19H20F2N4O3. The van der Waals surface area contributed by atoms with Gasteiger partial charge in [-0.1, -0.05) is 6.07 Å². The molecule has 1 unspecified atom stereocenters. The van der Waals surface area contributed by atoms with Crippen LogP contribution in [0.1, 0.15) is 28.5 Å². The van der Waals surface area contributed by atoms with Gasteiger partial charge in [0.05, 0.1) is 24.9 Å². The Morgan fingerprint density at radius 2 is 2.07 bits per heavy atom. The van der Waals surface area contributed by atoms with Gasteiger partial charge in [0, 0.05) is 35.8 Å². The van der Waals surface area contributed by atoms with Crippen molar-refractivity contribution in [1.29, 1.82) is 0 Å². The fourth-order valence-electron chi connectivity index (χ4n) is 2.90. The van der Waals surface area contributed by atoms with Gasteiger partial charge in [0.2, 0.25) is 0 Å². The maximum Gasteiger partial charge on any atom is 0.293 e. The number of aliphatic hydroxyl groups excluding tert-OH is 1. The first kappa shape index (κ1) is 19.9. The van der Waals surface area contributed by atoms with Crippen LogP contribution in [-0.4, -0.2) is 38.4 Å². The third kappa shape index (κ3) is 4.16. The normalized spacial score (nSPS) is 12.3. The van der Waals surface area contributed by atoms with Crippen molar-refractivity contribution in [3.8, 4) is 0 Å². The number of aliphatic hydroxyl groups is 1. The summed E-state index contributed by atoms with van der Waals surface area (Å²) in [6, 6.07) is 4.78. The van der Waals surface area contributed by atoms with Gasteiger partial charge in [-0.2, -0.15) is 0 Å². The Bertz CT molecular complexity index is 1010. The minimum absolute atomic E-state index is 0.0252. The predicted molar refractivity (Wildman–Crippen MR) is 97.8 cm³/mol. The second-order valence-corrected chi connectivity index (χ2v) is 6.51. The Kier molecular flexibility index (Phi) is 5.98. The molecule has 2 aromatic heterocycles. The number of halogens is 2. The number of hydrogen-bond acceptors (Lipinski definition) is 5. The van der Waals surface area contributed by atoms with Crippen molar-refractivity contribution in [3.05, 3.63) is 65.1 Å². The number of carbonyl (C=O) groups is 1. The highest BCUT2D eigenvalue weighted by atomic mass is 19.1. The summed E-state index contributed by atoms with van der Waals surface area (Å²) in [6.07, 6.45) is 3.24. The third-order valence-corrected chi connectivity index (χ3v) is 4.45. The number of carbonyl (C=O) groups excluding carboxylic acids is 1. The summed E-state index contributed by atoms with van der Waals surface area (Å²) >= 11 is 0. The zero-order chi connectivity index (χ0) is 20.3. The average molecular weight is 390 g/mol. The van der Waals surface area contributed by atoms with Gasteiger partial charge in [-0.25, -0.2) is 19.2 Å². The van der Waals surface area contributed by atoms with Crippen molar-refractivity contribution in [2.24, 2.45) is 0 Å². The van der Waals surface area contributed by atoms with Crippen LogP contribution < -0.4 is 10.8 Å². The third-order valence-electron chi connectivity index (χ3n) is 4.45. The predicted octanol–water partition coefficient (Wildman–Crippen LogP) is 1.95. The van der Waals surface area contributed by atoms with Crippen LogP contribution in [0.25, 0.3) is 10.9 Å². The van der Waals surface area contributed by atoms with Gasteiger partial charge in [-0.05, 0) is 24.6 Å². The number of amides is 1. The summed E-state index contributed by atoms with van der Waals surface area (Å²) in [4.78, 5) is 15.7. The Morgan fingerprint density at radius 3 is 2.75 bits per heavy atom. The van der Waals surface area contributed by atoms with E-state index in [-0.39, 0.29) is 24.9 Å². The van der Waals surface area contributed by atoms with Gasteiger partial charge < -0.3 is 15.0 Å². The Balaban J connectivity index is 2.02. The Morgan fingerprint density at radius 1 is 1.29 bits per heavy atom. The summed E-state index contributed by atoms with van der Waals surface area (Å²) < 4.78 is 29.0. The lowest BCUT2D eigenvalue weighted by molar-refractivity contribution is 0.0701. The first-order valence-corrected chi connectivity index (χ1v) is 8.63. The van der Waals surface area contributed by atoms with E-state index in [1.807, 2.05) is 6.92 Å². The monoisotopic (exact) mass is 390 g/mol. The summed E-state index contributed by atoms with van der Waals surface area (Å²) in [7, 11) is 0. The van der Waals surface area contributed by atoms with E-state index in [2.05, 4.69) is 10.3 Å². The van der Waals surface area contributed by atoms with Crippen molar-refractivity contribution < 1.29 is 23.9 Å². The Hall–Kier alpha value is -2.88. The summed E-state index contributed by atoms with van der Waals surface area (Å²) in [5.41, 5.74) is 3.32. The molecule has 0 saturated heterocycles. The molecule has 3 aromatic rings. The van der Waals surface area contributed by atoms with Gasteiger partial charge in [0.15, 0.2) is 0 Å². The minimum atomic E-state index is -0.748. The number of hydroxylamine groups is 1. The number of aromatic nitrogens is 2. The van der Waals surface area contributed by atoms with Crippen LogP contribution in [-0.2, 0) is 13.1 Å². The fraction of sp³-hybridized carbons (Fsp3) is 0.263. The van der Waals surface area contributed by atoms with Crippen LogP contribution in [0.4, 0.5) is 8.78 Å². The second kappa shape index (κ2) is 8.42. The topological polar surface area (TPSA) is 99.4 Å². The molecule has 1 aromatic carbocycles. The molecule has 0 radical (unpaired) electrons. The highest BCUT2D eigenvalue weighted by Crippen LogP contribution is 2.24. The number of benzene rings is 1. The van der Waals surface area contributed by atoms with Crippen molar-refractivity contribution in [3.63, 3.8) is 0 Å². The highest BCUT2D eigenvalue weighted by molar-refractivity contribution is 5.96. The number of pyridine rings is 1. The molecule has 0 aliphatic rings. The van der Waals surface area contributed by atoms with Crippen molar-refractivity contribution in [2.75, 3.05) is 6.61 Å². The van der Waals surface area contributed by atoms with Gasteiger partial charge in [0.1, 0.15) is 17.3 Å². The van der Waals surface area contributed by atoms with E-state index in [1.54, 1.807) is 16.2 Å². The van der Waals surface area contributed by atoms with Crippen molar-refractivity contribution in [1.82, 2.24) is 20.3 Å². The van der Waals surface area contributed by atoms with Gasteiger partial charge >= 0.3 is 0 Å². The molecule has 0 spiro atoms. The molecule has 7 nitrogen and oxygen atoms in total. The van der Waals surface area contributed by atoms with E-state index in [4.69, 9.17) is 5.21 Å². The molecule has 0 saturated carbocycles. The lowest BCUT2D eigenvalue weighted by atomic mass is 10.1. The van der Waals surface area contributed by atoms with Crippen molar-refractivity contribution >= 4 is 16.8 Å². The number of nitrogens with zero attached hydrogens (tertiary/aromatic N) is 2. The van der Waals surface area contributed by atoms with Crippen LogP contribution >= 0.6 is 0 Å². The number of nitrogens with one attached hydrogen (secondary N) is 2. The van der Waals surface area contributed by atoms with E-state index in [9.17, 15) is 18.7 Å². The molecule has 4 N–H and O–H groups in total. The molecule has 9 heteroatoms. The van der Waals surface area contributed by atoms with E-state index < -0.39 is 17.5 Å². The highest BCUT2D eigenvalue weighted by Gasteiger charge is 2.15. The largest absolute Gasteiger partial charge is 0.395 e. The lowest BCUT2D eigenvalue weighted by Gasteiger charge is -2.09. The number of hydrogen-bond donors (Lipinski definition) is 4. The lowest BCUT2D eigenvalue weighted by Crippen LogP contribution is -2.28. The quantitative estimate of drug-likeness (QED) is 0.365. The maximum atomic E-state index is 14.1. The van der Waals surface area contributed by atoms with Gasteiger partial charge in [0.25, 0.3) is 5.91 Å². The smallest absolute Gasteiger partial charge is 0.293 e. The summed E-state index contributed by atoms with van der Waals surface area (Å²) in [5.74, 6) is -2.05. The van der Waals surface area contributed by atoms with Crippen LogP contribution in [0.2, 0.25) is 0 Å². The molecule has 28 heavy (non-hydrogen) atoms. The van der Waals surface area contributed by atoms with E-state index in [0.717, 1.165) is 11.6 Å². The zero-order valence-corrected chi connectivity index (χ0v) is 15.1. The van der Waals surface area contributed by atoms with E-state index in [1.165, 1.54) is 24.4 Å². The standard InChI is InChI=1S/C19H20F2N4O3/c1-11(10-26)22-6-13-9-25(8-12-2-3-14(20)4-16(12)21)18-7-23-17(5-15(13)18)19(27)24-28/h2-5,7,9,11,22,26,28H,6,8,10H2,1H3,(H,24,27). The van der Waals surface area contributed by atoms with E-state index >= 15 is 0 Å². The van der Waals surface area contributed by atoms with E-state index in [0.29, 0.717) is 23.0 Å². The molecule has 2 heterocycles. The molecule has 0 aliphatic heterocycles. The molecule has 1 amide bonds. The SMILES string of the molecule is CC(CO)NCc1cn(Cc2ccc(F)cc2F)c2cnc(C(=O)NO)cc12. The van der Waals surface area contributed by atoms with Gasteiger partial charge in [-0.15, -0.1) is 0 Å². The van der Waals surface area contributed by atoms with Crippen molar-refractivity contribution in [2.45, 2.75) is 26.1 Å². The number of rotatable bonds is 7. The molecule has 0 aliphatic carbocycles. The fourth-order valence-corrected chi connectivity index (χ4v) is 2.90. The molecule has 3 rings (SSSR count). The Labute approximate surface area is 159 Å². The van der Waals surface area contributed by atoms with Crippen LogP contribution in [0.3, 0.4) is 0 Å². The maximum absolute atomic E-state index is 14.1. The molecule has 1 atom stereocenters. The minimum Gasteiger partial charge on any atom is -0.395 e. The average Bonchev–Trinajstić information content (AvgIpc) is 3.04. The molecule has 0 bridgehead atoms. The second-order valence-electron chi connectivity index (χ2n) is 6.51. The van der Waals surface area contributed by atoms with Crippen LogP contribution in [0, 0.1) is 11.6 Å². The van der Waals surface area contributed by atoms with Crippen LogP contribution in [0.5, 0.6) is 0 Å². The first-order valence-electron chi connectivity index (χ1n) is 8.63. The summed E-state index contributed by atoms with van der Waals surface area (Å²) in [5, 5.41) is 21.9. The van der Waals surface area contributed by atoms with Crippen LogP contribution in [0.15, 0.2) is 36.7 Å². The molecule has 148 valence electrons.